The molecule has 186 valence electrons. The molecule has 0 aliphatic heterocycles. The van der Waals surface area contributed by atoms with Gasteiger partial charge in [-0.3, -0.25) is 4.98 Å². The van der Waals surface area contributed by atoms with E-state index in [0.717, 1.165) is 21.3 Å². The quantitative estimate of drug-likeness (QED) is 0.253. The zero-order chi connectivity index (χ0) is 26.2. The van der Waals surface area contributed by atoms with E-state index in [4.69, 9.17) is 16.3 Å². The smallest absolute Gasteiger partial charge is 0.270 e. The number of hydrogen-bond acceptors (Lipinski definition) is 6. The average Bonchev–Trinajstić information content (AvgIpc) is 2.91. The first kappa shape index (κ1) is 24.6. The lowest BCUT2D eigenvalue weighted by atomic mass is 10.0. The van der Waals surface area contributed by atoms with E-state index < -0.39 is 15.8 Å². The van der Waals surface area contributed by atoms with E-state index in [1.54, 1.807) is 48.8 Å². The minimum Gasteiger partial charge on any atom is -0.495 e. The first-order valence-corrected chi connectivity index (χ1v) is 12.9. The molecule has 0 saturated heterocycles. The fourth-order valence-electron chi connectivity index (χ4n) is 4.00. The minimum absolute atomic E-state index is 0.0169. The zero-order valence-corrected chi connectivity index (χ0v) is 21.3. The van der Waals surface area contributed by atoms with E-state index in [1.807, 2.05) is 6.92 Å². The molecule has 0 unspecified atom stereocenters. The summed E-state index contributed by atoms with van der Waals surface area (Å²) in [6, 6.07) is 17.1. The van der Waals surface area contributed by atoms with Gasteiger partial charge in [0.25, 0.3) is 10.0 Å². The van der Waals surface area contributed by atoms with Crippen LogP contribution in [0.5, 0.6) is 5.75 Å². The second-order valence-corrected chi connectivity index (χ2v) is 10.4. The van der Waals surface area contributed by atoms with Crippen molar-refractivity contribution in [2.45, 2.75) is 11.8 Å². The van der Waals surface area contributed by atoms with Crippen molar-refractivity contribution in [2.75, 3.05) is 11.4 Å². The minimum atomic E-state index is -4.29. The van der Waals surface area contributed by atoms with Gasteiger partial charge in [-0.15, -0.1) is 5.10 Å². The Kier molecular flexibility index (Phi) is 6.49. The van der Waals surface area contributed by atoms with Gasteiger partial charge < -0.3 is 4.74 Å². The Labute approximate surface area is 218 Å². The summed E-state index contributed by atoms with van der Waals surface area (Å²) < 4.78 is 50.2. The molecule has 0 N–H and O–H groups in total. The molecule has 0 atom stereocenters. The van der Waals surface area contributed by atoms with Gasteiger partial charge in [-0.25, -0.2) is 17.1 Å². The van der Waals surface area contributed by atoms with E-state index in [0.29, 0.717) is 16.0 Å². The van der Waals surface area contributed by atoms with E-state index in [2.05, 4.69) is 15.2 Å². The number of anilines is 2. The van der Waals surface area contributed by atoms with Crippen LogP contribution in [-0.4, -0.2) is 30.7 Å². The highest BCUT2D eigenvalue weighted by molar-refractivity contribution is 7.93. The van der Waals surface area contributed by atoms with Crippen LogP contribution in [0, 0.1) is 12.7 Å². The Balaban J connectivity index is 1.72. The molecule has 0 amide bonds. The van der Waals surface area contributed by atoms with Gasteiger partial charge >= 0.3 is 0 Å². The second-order valence-electron chi connectivity index (χ2n) is 8.20. The molecule has 0 fully saturated rings. The number of pyridine rings is 1. The number of ether oxygens (including phenoxy) is 1. The summed E-state index contributed by atoms with van der Waals surface area (Å²) in [4.78, 5) is 4.05. The predicted molar refractivity (Wildman–Crippen MR) is 141 cm³/mol. The highest BCUT2D eigenvalue weighted by Gasteiger charge is 2.32. The maximum absolute atomic E-state index is 15.6. The zero-order valence-electron chi connectivity index (χ0n) is 19.8. The van der Waals surface area contributed by atoms with Crippen molar-refractivity contribution in [3.8, 4) is 16.9 Å². The molecule has 7 nitrogen and oxygen atoms in total. The lowest BCUT2D eigenvalue weighted by Crippen LogP contribution is -2.28. The highest BCUT2D eigenvalue weighted by Crippen LogP contribution is 2.41. The summed E-state index contributed by atoms with van der Waals surface area (Å²) in [6.07, 6.45) is 4.64. The Bertz CT molecular complexity index is 1730. The molecular weight excluding hydrogens is 515 g/mol. The molecule has 0 bridgehead atoms. The molecule has 0 aliphatic rings. The number of aromatic nitrogens is 3. The van der Waals surface area contributed by atoms with Crippen LogP contribution < -0.4 is 9.04 Å². The number of hydrogen-bond donors (Lipinski definition) is 0. The number of aryl methyl sites for hydroxylation is 1. The van der Waals surface area contributed by atoms with Gasteiger partial charge in [0.15, 0.2) is 5.82 Å². The summed E-state index contributed by atoms with van der Waals surface area (Å²) >= 11 is 6.14. The Morgan fingerprint density at radius 1 is 0.973 bits per heavy atom. The van der Waals surface area contributed by atoms with Crippen molar-refractivity contribution in [1.29, 1.82) is 0 Å². The normalized spacial score (nSPS) is 11.5. The van der Waals surface area contributed by atoms with E-state index in [-0.39, 0.29) is 27.7 Å². The number of benzene rings is 3. The van der Waals surface area contributed by atoms with Gasteiger partial charge in [-0.05, 0) is 72.0 Å². The van der Waals surface area contributed by atoms with Crippen LogP contribution in [0.1, 0.15) is 5.56 Å². The summed E-state index contributed by atoms with van der Waals surface area (Å²) in [7, 11) is -2.90. The van der Waals surface area contributed by atoms with E-state index in [9.17, 15) is 8.42 Å². The number of fused-ring (bicyclic) bond motifs is 1. The number of sulfonamides is 1. The first-order chi connectivity index (χ1) is 17.8. The van der Waals surface area contributed by atoms with Gasteiger partial charge in [-0.1, -0.05) is 23.7 Å². The topological polar surface area (TPSA) is 85.3 Å². The van der Waals surface area contributed by atoms with Crippen molar-refractivity contribution in [3.05, 3.63) is 102 Å². The Morgan fingerprint density at radius 2 is 1.81 bits per heavy atom. The SMILES string of the molecule is COc1cc(-c2ccc(Cl)c(C)c2)c(F)cc1N(c1cccnn1)S(=O)(=O)c1ccc2cnccc2c1. The molecular formula is C27H20ClFN4O3S. The van der Waals surface area contributed by atoms with Crippen LogP contribution in [0.4, 0.5) is 15.9 Å². The summed E-state index contributed by atoms with van der Waals surface area (Å²) in [5, 5.41) is 9.86. The Hall–Kier alpha value is -4.08. The number of halogens is 2. The van der Waals surface area contributed by atoms with Crippen LogP contribution >= 0.6 is 11.6 Å². The molecule has 0 aliphatic carbocycles. The van der Waals surface area contributed by atoms with Crippen LogP contribution in [0.3, 0.4) is 0 Å². The third kappa shape index (κ3) is 4.59. The monoisotopic (exact) mass is 534 g/mol. The standard InChI is InChI=1S/C27H20ClFN4O3S/c1-17-12-19(6-8-23(17)28)22-14-26(36-2)25(15-24(22)29)33(27-4-3-10-31-32-27)37(34,35)21-7-5-20-16-30-11-9-18(20)13-21/h3-16H,1-2H3. The predicted octanol–water partition coefficient (Wildman–Crippen LogP) is 6.33. The van der Waals surface area contributed by atoms with Gasteiger partial charge in [0.1, 0.15) is 17.3 Å². The average molecular weight is 535 g/mol. The third-order valence-corrected chi connectivity index (χ3v) is 8.01. The molecule has 10 heteroatoms. The van der Waals surface area contributed by atoms with Crippen LogP contribution in [0.2, 0.25) is 5.02 Å². The third-order valence-electron chi connectivity index (χ3n) is 5.87. The number of rotatable bonds is 6. The van der Waals surface area contributed by atoms with Crippen molar-refractivity contribution in [2.24, 2.45) is 0 Å². The second kappa shape index (κ2) is 9.76. The Morgan fingerprint density at radius 3 is 2.54 bits per heavy atom. The van der Waals surface area contributed by atoms with Gasteiger partial charge in [0.05, 0.1) is 12.0 Å². The molecule has 5 rings (SSSR count). The summed E-state index contributed by atoms with van der Waals surface area (Å²) in [5.74, 6) is -0.542. The van der Waals surface area contributed by atoms with Crippen molar-refractivity contribution in [3.63, 3.8) is 0 Å². The summed E-state index contributed by atoms with van der Waals surface area (Å²) in [6.45, 7) is 1.82. The van der Waals surface area contributed by atoms with Crippen molar-refractivity contribution >= 4 is 43.9 Å². The molecule has 2 heterocycles. The number of nitrogens with zero attached hydrogens (tertiary/aromatic N) is 4. The molecule has 0 saturated carbocycles. The lowest BCUT2D eigenvalue weighted by Gasteiger charge is -2.25. The fourth-order valence-corrected chi connectivity index (χ4v) is 5.59. The number of methoxy groups -OCH3 is 1. The van der Waals surface area contributed by atoms with E-state index >= 15 is 4.39 Å². The molecule has 2 aromatic heterocycles. The fraction of sp³-hybridized carbons (Fsp3) is 0.0741. The lowest BCUT2D eigenvalue weighted by molar-refractivity contribution is 0.415. The van der Waals surface area contributed by atoms with Crippen LogP contribution in [0.15, 0.2) is 90.2 Å². The van der Waals surface area contributed by atoms with Crippen LogP contribution in [0.25, 0.3) is 21.9 Å². The molecule has 0 spiro atoms. The molecule has 3 aromatic carbocycles. The van der Waals surface area contributed by atoms with Crippen LogP contribution in [-0.2, 0) is 10.0 Å². The largest absolute Gasteiger partial charge is 0.495 e. The first-order valence-electron chi connectivity index (χ1n) is 11.1. The highest BCUT2D eigenvalue weighted by atomic mass is 35.5. The van der Waals surface area contributed by atoms with Crippen molar-refractivity contribution < 1.29 is 17.5 Å². The molecule has 37 heavy (non-hydrogen) atoms. The maximum Gasteiger partial charge on any atom is 0.270 e. The maximum atomic E-state index is 15.6. The van der Waals surface area contributed by atoms with Crippen molar-refractivity contribution in [1.82, 2.24) is 15.2 Å². The van der Waals surface area contributed by atoms with Gasteiger partial charge in [0.2, 0.25) is 0 Å². The van der Waals surface area contributed by atoms with Gasteiger partial charge in [-0.2, -0.15) is 5.10 Å². The molecule has 5 aromatic rings. The molecule has 0 radical (unpaired) electrons. The van der Waals surface area contributed by atoms with Gasteiger partial charge in [0, 0.05) is 40.6 Å². The van der Waals surface area contributed by atoms with E-state index in [1.165, 1.54) is 37.6 Å². The summed E-state index contributed by atoms with van der Waals surface area (Å²) in [5.41, 5.74) is 1.53.